The molecule has 5 nitrogen and oxygen atoms in total. The molecule has 88 valence electrons. The Hall–Kier alpha value is -2.09. The summed E-state index contributed by atoms with van der Waals surface area (Å²) in [4.78, 5) is 15.3. The van der Waals surface area contributed by atoms with E-state index in [0.717, 1.165) is 12.8 Å². The number of nitrogens with one attached hydrogen (secondary N) is 2. The van der Waals surface area contributed by atoms with Crippen LogP contribution in [-0.2, 0) is 4.79 Å². The molecule has 0 saturated heterocycles. The number of hydrogen-bond acceptors (Lipinski definition) is 4. The number of nitriles is 1. The van der Waals surface area contributed by atoms with Gasteiger partial charge in [0.15, 0.2) is 0 Å². The van der Waals surface area contributed by atoms with Gasteiger partial charge in [0.25, 0.3) is 0 Å². The quantitative estimate of drug-likeness (QED) is 0.792. The molecular weight excluding hydrogens is 216 g/mol. The highest BCUT2D eigenvalue weighted by Gasteiger charge is 2.22. The van der Waals surface area contributed by atoms with Gasteiger partial charge in [0.05, 0.1) is 17.4 Å². The van der Waals surface area contributed by atoms with E-state index in [1.165, 1.54) is 0 Å². The van der Waals surface area contributed by atoms with Gasteiger partial charge < -0.3 is 10.6 Å². The van der Waals surface area contributed by atoms with Crippen molar-refractivity contribution in [1.82, 2.24) is 10.3 Å². The molecule has 0 spiro atoms. The molecule has 1 amide bonds. The van der Waals surface area contributed by atoms with Gasteiger partial charge in [-0.15, -0.1) is 0 Å². The second-order valence-electron chi connectivity index (χ2n) is 4.05. The largest absolute Gasteiger partial charge is 0.382 e. The fourth-order valence-corrected chi connectivity index (χ4v) is 1.47. The third-order valence-electron chi connectivity index (χ3n) is 2.55. The Kier molecular flexibility index (Phi) is 3.55. The molecule has 0 radical (unpaired) electrons. The minimum Gasteiger partial charge on any atom is -0.382 e. The molecule has 0 bridgehead atoms. The number of amides is 1. The van der Waals surface area contributed by atoms with E-state index in [4.69, 9.17) is 5.26 Å². The van der Waals surface area contributed by atoms with E-state index in [0.29, 0.717) is 30.3 Å². The lowest BCUT2D eigenvalue weighted by atomic mass is 10.2. The monoisotopic (exact) mass is 230 g/mol. The number of nitrogens with zero attached hydrogens (tertiary/aromatic N) is 2. The summed E-state index contributed by atoms with van der Waals surface area (Å²) in [6, 6.07) is 4.12. The van der Waals surface area contributed by atoms with Crippen molar-refractivity contribution in [1.29, 1.82) is 5.26 Å². The summed E-state index contributed by atoms with van der Waals surface area (Å²) in [5.41, 5.74) is 1.22. The molecule has 5 heteroatoms. The Labute approximate surface area is 99.9 Å². The van der Waals surface area contributed by atoms with Crippen LogP contribution in [0.5, 0.6) is 0 Å². The van der Waals surface area contributed by atoms with E-state index in [9.17, 15) is 4.79 Å². The van der Waals surface area contributed by atoms with E-state index in [1.807, 2.05) is 0 Å². The third-order valence-corrected chi connectivity index (χ3v) is 2.55. The average molecular weight is 230 g/mol. The highest BCUT2D eigenvalue weighted by molar-refractivity contribution is 5.77. The van der Waals surface area contributed by atoms with Crippen molar-refractivity contribution in [2.45, 2.75) is 25.3 Å². The van der Waals surface area contributed by atoms with Gasteiger partial charge >= 0.3 is 0 Å². The van der Waals surface area contributed by atoms with Crippen LogP contribution < -0.4 is 10.6 Å². The van der Waals surface area contributed by atoms with Crippen molar-refractivity contribution >= 4 is 11.6 Å². The molecular formula is C12H14N4O. The van der Waals surface area contributed by atoms with Gasteiger partial charge in [-0.2, -0.15) is 5.26 Å². The molecule has 2 rings (SSSR count). The van der Waals surface area contributed by atoms with E-state index < -0.39 is 0 Å². The summed E-state index contributed by atoms with van der Waals surface area (Å²) in [5, 5.41) is 14.8. The number of carbonyl (C=O) groups is 1. The Morgan fingerprint density at radius 2 is 2.41 bits per heavy atom. The lowest BCUT2D eigenvalue weighted by molar-refractivity contribution is -0.120. The molecule has 1 aromatic heterocycles. The molecule has 0 unspecified atom stereocenters. The van der Waals surface area contributed by atoms with Gasteiger partial charge in [0, 0.05) is 25.2 Å². The van der Waals surface area contributed by atoms with Crippen LogP contribution in [0.1, 0.15) is 24.8 Å². The second-order valence-corrected chi connectivity index (χ2v) is 4.05. The van der Waals surface area contributed by atoms with Crippen LogP contribution in [0.4, 0.5) is 5.69 Å². The van der Waals surface area contributed by atoms with Crippen molar-refractivity contribution < 1.29 is 4.79 Å². The standard InChI is InChI=1S/C12H14N4O/c13-7-9-3-5-14-8-11(9)15-6-4-12(17)16-10-1-2-10/h3,5,8,10,15H,1-2,4,6H2,(H,16,17). The van der Waals surface area contributed by atoms with Gasteiger partial charge in [-0.1, -0.05) is 0 Å². The molecule has 1 fully saturated rings. The van der Waals surface area contributed by atoms with E-state index in [1.54, 1.807) is 18.5 Å². The number of carbonyl (C=O) groups excluding carboxylic acids is 1. The molecule has 2 N–H and O–H groups in total. The number of rotatable bonds is 5. The van der Waals surface area contributed by atoms with Crippen molar-refractivity contribution in [3.63, 3.8) is 0 Å². The summed E-state index contributed by atoms with van der Waals surface area (Å²) in [6.45, 7) is 0.513. The maximum atomic E-state index is 11.4. The number of aromatic nitrogens is 1. The number of anilines is 1. The third kappa shape index (κ3) is 3.45. The van der Waals surface area contributed by atoms with Crippen LogP contribution in [-0.4, -0.2) is 23.5 Å². The fraction of sp³-hybridized carbons (Fsp3) is 0.417. The SMILES string of the molecule is N#Cc1ccncc1NCCC(=O)NC1CC1. The maximum Gasteiger partial charge on any atom is 0.221 e. The van der Waals surface area contributed by atoms with Crippen LogP contribution >= 0.6 is 0 Å². The maximum absolute atomic E-state index is 11.4. The molecule has 1 aliphatic rings. The zero-order valence-electron chi connectivity index (χ0n) is 9.44. The molecule has 1 heterocycles. The zero-order chi connectivity index (χ0) is 12.1. The first-order chi connectivity index (χ1) is 8.29. The Bertz CT molecular complexity index is 448. The van der Waals surface area contributed by atoms with Crippen LogP contribution in [0.3, 0.4) is 0 Å². The first-order valence-electron chi connectivity index (χ1n) is 5.67. The van der Waals surface area contributed by atoms with Crippen LogP contribution in [0.2, 0.25) is 0 Å². The van der Waals surface area contributed by atoms with Crippen molar-refractivity contribution in [3.8, 4) is 6.07 Å². The van der Waals surface area contributed by atoms with Crippen LogP contribution in [0.25, 0.3) is 0 Å². The molecule has 1 aliphatic carbocycles. The van der Waals surface area contributed by atoms with Crippen molar-refractivity contribution in [3.05, 3.63) is 24.0 Å². The summed E-state index contributed by atoms with van der Waals surface area (Å²) < 4.78 is 0. The Balaban J connectivity index is 1.77. The molecule has 17 heavy (non-hydrogen) atoms. The highest BCUT2D eigenvalue weighted by Crippen LogP contribution is 2.18. The van der Waals surface area contributed by atoms with E-state index in [2.05, 4.69) is 21.7 Å². The second kappa shape index (κ2) is 5.30. The predicted octanol–water partition coefficient (Wildman–Crippen LogP) is 1.03. The van der Waals surface area contributed by atoms with Gasteiger partial charge in [0.1, 0.15) is 6.07 Å². The molecule has 0 aromatic carbocycles. The Morgan fingerprint density at radius 1 is 1.59 bits per heavy atom. The Morgan fingerprint density at radius 3 is 3.12 bits per heavy atom. The molecule has 1 aromatic rings. The van der Waals surface area contributed by atoms with E-state index >= 15 is 0 Å². The van der Waals surface area contributed by atoms with Gasteiger partial charge in [-0.25, -0.2) is 0 Å². The zero-order valence-corrected chi connectivity index (χ0v) is 9.44. The number of hydrogen-bond donors (Lipinski definition) is 2. The first-order valence-corrected chi connectivity index (χ1v) is 5.67. The van der Waals surface area contributed by atoms with Gasteiger partial charge in [-0.05, 0) is 18.9 Å². The van der Waals surface area contributed by atoms with Crippen molar-refractivity contribution in [2.24, 2.45) is 0 Å². The topological polar surface area (TPSA) is 77.8 Å². The minimum atomic E-state index is 0.0578. The summed E-state index contributed by atoms with van der Waals surface area (Å²) in [7, 11) is 0. The lowest BCUT2D eigenvalue weighted by Gasteiger charge is -2.07. The van der Waals surface area contributed by atoms with Gasteiger partial charge in [-0.3, -0.25) is 9.78 Å². The minimum absolute atomic E-state index is 0.0578. The summed E-state index contributed by atoms with van der Waals surface area (Å²) >= 11 is 0. The summed E-state index contributed by atoms with van der Waals surface area (Å²) in [5.74, 6) is 0.0578. The van der Waals surface area contributed by atoms with Gasteiger partial charge in [0.2, 0.25) is 5.91 Å². The number of pyridine rings is 1. The normalized spacial score (nSPS) is 13.8. The average Bonchev–Trinajstić information content (AvgIpc) is 3.13. The fourth-order valence-electron chi connectivity index (χ4n) is 1.47. The van der Waals surface area contributed by atoms with Crippen molar-refractivity contribution in [2.75, 3.05) is 11.9 Å². The molecule has 0 aliphatic heterocycles. The first kappa shape index (κ1) is 11.4. The van der Waals surface area contributed by atoms with E-state index in [-0.39, 0.29) is 5.91 Å². The molecule has 0 atom stereocenters. The predicted molar refractivity (Wildman–Crippen MR) is 63.2 cm³/mol. The van der Waals surface area contributed by atoms with Crippen LogP contribution in [0, 0.1) is 11.3 Å². The van der Waals surface area contributed by atoms with Crippen LogP contribution in [0.15, 0.2) is 18.5 Å². The lowest BCUT2D eigenvalue weighted by Crippen LogP contribution is -2.27. The highest BCUT2D eigenvalue weighted by atomic mass is 16.1. The smallest absolute Gasteiger partial charge is 0.221 e. The molecule has 1 saturated carbocycles. The summed E-state index contributed by atoms with van der Waals surface area (Å²) in [6.07, 6.45) is 5.78.